The number of ether oxygens (including phenoxy) is 1. The van der Waals surface area contributed by atoms with Gasteiger partial charge in [0, 0.05) is 24.7 Å². The first-order valence-electron chi connectivity index (χ1n) is 10.1. The van der Waals surface area contributed by atoms with Gasteiger partial charge >= 0.3 is 6.09 Å². The standard InChI is InChI=1S/C20H36N2O2/c1-14-12-15(13-14)21-17-9-6-5-8-16(17)18-10-7-11-22(18)19(23)24-20(2,3)4/h14-18,21H,5-13H2,1-4H3. The van der Waals surface area contributed by atoms with E-state index in [9.17, 15) is 4.79 Å². The Morgan fingerprint density at radius 1 is 1.08 bits per heavy atom. The average molecular weight is 337 g/mol. The molecule has 1 N–H and O–H groups in total. The van der Waals surface area contributed by atoms with E-state index in [-0.39, 0.29) is 6.09 Å². The lowest BCUT2D eigenvalue weighted by atomic mass is 9.76. The molecular formula is C20H36N2O2. The van der Waals surface area contributed by atoms with Crippen LogP contribution in [-0.4, -0.2) is 41.3 Å². The maximum Gasteiger partial charge on any atom is 0.410 e. The summed E-state index contributed by atoms with van der Waals surface area (Å²) >= 11 is 0. The van der Waals surface area contributed by atoms with E-state index >= 15 is 0 Å². The fraction of sp³-hybridized carbons (Fsp3) is 0.950. The largest absolute Gasteiger partial charge is 0.444 e. The molecule has 0 spiro atoms. The highest BCUT2D eigenvalue weighted by Gasteiger charge is 2.42. The number of nitrogens with one attached hydrogen (secondary N) is 1. The second-order valence-electron chi connectivity index (χ2n) is 9.38. The van der Waals surface area contributed by atoms with Gasteiger partial charge in [-0.05, 0) is 71.1 Å². The van der Waals surface area contributed by atoms with Crippen LogP contribution in [0.2, 0.25) is 0 Å². The minimum absolute atomic E-state index is 0.105. The summed E-state index contributed by atoms with van der Waals surface area (Å²) in [4.78, 5) is 14.7. The van der Waals surface area contributed by atoms with Gasteiger partial charge < -0.3 is 15.0 Å². The highest BCUT2D eigenvalue weighted by molar-refractivity contribution is 5.69. The van der Waals surface area contributed by atoms with Gasteiger partial charge in [0.05, 0.1) is 0 Å². The summed E-state index contributed by atoms with van der Waals surface area (Å²) in [6.07, 6.45) is 9.96. The van der Waals surface area contributed by atoms with Gasteiger partial charge in [0.15, 0.2) is 0 Å². The predicted octanol–water partition coefficient (Wildman–Crippen LogP) is 4.33. The van der Waals surface area contributed by atoms with Gasteiger partial charge in [-0.2, -0.15) is 0 Å². The van der Waals surface area contributed by atoms with Gasteiger partial charge in [0.1, 0.15) is 5.60 Å². The summed E-state index contributed by atoms with van der Waals surface area (Å²) in [6.45, 7) is 9.08. The molecule has 3 rings (SSSR count). The van der Waals surface area contributed by atoms with Crippen LogP contribution < -0.4 is 5.32 Å². The minimum atomic E-state index is -0.406. The van der Waals surface area contributed by atoms with Gasteiger partial charge in [0.2, 0.25) is 0 Å². The van der Waals surface area contributed by atoms with Crippen molar-refractivity contribution in [1.29, 1.82) is 0 Å². The highest BCUT2D eigenvalue weighted by atomic mass is 16.6. The van der Waals surface area contributed by atoms with Crippen molar-refractivity contribution < 1.29 is 9.53 Å². The highest BCUT2D eigenvalue weighted by Crippen LogP contribution is 2.37. The van der Waals surface area contributed by atoms with Crippen LogP contribution in [0.5, 0.6) is 0 Å². The van der Waals surface area contributed by atoms with Crippen LogP contribution in [0, 0.1) is 11.8 Å². The molecule has 3 atom stereocenters. The van der Waals surface area contributed by atoms with E-state index in [2.05, 4.69) is 12.2 Å². The van der Waals surface area contributed by atoms with Crippen LogP contribution in [0.4, 0.5) is 4.79 Å². The summed E-state index contributed by atoms with van der Waals surface area (Å²) in [5, 5.41) is 3.94. The molecule has 2 saturated carbocycles. The van der Waals surface area contributed by atoms with Crippen LogP contribution in [0.1, 0.15) is 79.1 Å². The number of hydrogen-bond acceptors (Lipinski definition) is 3. The summed E-state index contributed by atoms with van der Waals surface area (Å²) in [5.41, 5.74) is -0.406. The zero-order chi connectivity index (χ0) is 17.3. The van der Waals surface area contributed by atoms with Gasteiger partial charge in [0.25, 0.3) is 0 Å². The van der Waals surface area contributed by atoms with Crippen molar-refractivity contribution in [2.24, 2.45) is 11.8 Å². The lowest BCUT2D eigenvalue weighted by molar-refractivity contribution is 0.0121. The number of carbonyl (C=O) groups is 1. The SMILES string of the molecule is CC1CC(NC2CCCCC2C2CCCN2C(=O)OC(C)(C)C)C1. The summed E-state index contributed by atoms with van der Waals surface area (Å²) in [6, 6.07) is 1.67. The lowest BCUT2D eigenvalue weighted by Crippen LogP contribution is -2.54. The van der Waals surface area contributed by atoms with E-state index in [1.165, 1.54) is 38.5 Å². The molecule has 138 valence electrons. The third kappa shape index (κ3) is 4.25. The maximum atomic E-state index is 12.6. The molecule has 1 amide bonds. The molecule has 2 aliphatic carbocycles. The van der Waals surface area contributed by atoms with Crippen molar-refractivity contribution in [1.82, 2.24) is 10.2 Å². The van der Waals surface area contributed by atoms with Gasteiger partial charge in [-0.3, -0.25) is 0 Å². The second-order valence-corrected chi connectivity index (χ2v) is 9.38. The molecule has 0 bridgehead atoms. The second kappa shape index (κ2) is 7.23. The molecule has 0 aromatic heterocycles. The van der Waals surface area contributed by atoms with E-state index in [0.717, 1.165) is 25.3 Å². The van der Waals surface area contributed by atoms with Gasteiger partial charge in [-0.1, -0.05) is 19.8 Å². The first-order valence-corrected chi connectivity index (χ1v) is 10.1. The Morgan fingerprint density at radius 2 is 1.79 bits per heavy atom. The van der Waals surface area contributed by atoms with E-state index in [1.807, 2.05) is 25.7 Å². The normalized spacial score (nSPS) is 37.2. The Bertz CT molecular complexity index is 439. The number of amides is 1. The van der Waals surface area contributed by atoms with E-state index in [1.54, 1.807) is 0 Å². The molecule has 0 aromatic carbocycles. The van der Waals surface area contributed by atoms with Crippen LogP contribution in [0.3, 0.4) is 0 Å². The Hall–Kier alpha value is -0.770. The Labute approximate surface area is 147 Å². The van der Waals surface area contributed by atoms with Crippen LogP contribution >= 0.6 is 0 Å². The number of nitrogens with zero attached hydrogens (tertiary/aromatic N) is 1. The van der Waals surface area contributed by atoms with Crippen LogP contribution in [0.15, 0.2) is 0 Å². The van der Waals surface area contributed by atoms with E-state index in [4.69, 9.17) is 4.74 Å². The summed E-state index contributed by atoms with van der Waals surface area (Å²) in [7, 11) is 0. The molecule has 3 fully saturated rings. The van der Waals surface area contributed by atoms with Crippen molar-refractivity contribution in [2.45, 2.75) is 103 Å². The molecule has 1 aliphatic heterocycles. The first-order chi connectivity index (χ1) is 11.3. The number of carbonyl (C=O) groups excluding carboxylic acids is 1. The molecule has 0 radical (unpaired) electrons. The Morgan fingerprint density at radius 3 is 2.46 bits per heavy atom. The fourth-order valence-electron chi connectivity index (χ4n) is 4.95. The molecule has 4 nitrogen and oxygen atoms in total. The zero-order valence-corrected chi connectivity index (χ0v) is 16.0. The molecule has 24 heavy (non-hydrogen) atoms. The van der Waals surface area contributed by atoms with E-state index in [0.29, 0.717) is 24.0 Å². The minimum Gasteiger partial charge on any atom is -0.444 e. The maximum absolute atomic E-state index is 12.6. The van der Waals surface area contributed by atoms with Crippen molar-refractivity contribution in [2.75, 3.05) is 6.54 Å². The Balaban J connectivity index is 1.63. The lowest BCUT2D eigenvalue weighted by Gasteiger charge is -2.44. The summed E-state index contributed by atoms with van der Waals surface area (Å²) < 4.78 is 5.67. The zero-order valence-electron chi connectivity index (χ0n) is 16.0. The Kier molecular flexibility index (Phi) is 5.43. The quantitative estimate of drug-likeness (QED) is 0.834. The average Bonchev–Trinajstić information content (AvgIpc) is 2.94. The molecule has 3 aliphatic rings. The smallest absolute Gasteiger partial charge is 0.410 e. The molecule has 1 heterocycles. The van der Waals surface area contributed by atoms with Crippen LogP contribution in [-0.2, 0) is 4.74 Å². The molecule has 3 unspecified atom stereocenters. The van der Waals surface area contributed by atoms with Gasteiger partial charge in [-0.25, -0.2) is 4.79 Å². The van der Waals surface area contributed by atoms with Crippen molar-refractivity contribution >= 4 is 6.09 Å². The van der Waals surface area contributed by atoms with Crippen molar-refractivity contribution in [3.05, 3.63) is 0 Å². The topological polar surface area (TPSA) is 41.6 Å². The van der Waals surface area contributed by atoms with Crippen LogP contribution in [0.25, 0.3) is 0 Å². The molecule has 1 saturated heterocycles. The number of hydrogen-bond donors (Lipinski definition) is 1. The first kappa shape index (κ1) is 18.0. The van der Waals surface area contributed by atoms with Crippen molar-refractivity contribution in [3.63, 3.8) is 0 Å². The number of rotatable bonds is 3. The predicted molar refractivity (Wildman–Crippen MR) is 97.0 cm³/mol. The van der Waals surface area contributed by atoms with E-state index < -0.39 is 5.60 Å². The molecule has 0 aromatic rings. The third-order valence-electron chi connectivity index (χ3n) is 6.06. The third-order valence-corrected chi connectivity index (χ3v) is 6.06. The summed E-state index contributed by atoms with van der Waals surface area (Å²) in [5.74, 6) is 1.49. The van der Waals surface area contributed by atoms with Crippen molar-refractivity contribution in [3.8, 4) is 0 Å². The number of likely N-dealkylation sites (tertiary alicyclic amines) is 1. The monoisotopic (exact) mass is 336 g/mol. The molecular weight excluding hydrogens is 300 g/mol. The molecule has 4 heteroatoms. The van der Waals surface area contributed by atoms with Gasteiger partial charge in [-0.15, -0.1) is 0 Å². The fourth-order valence-corrected chi connectivity index (χ4v) is 4.95.